The summed E-state index contributed by atoms with van der Waals surface area (Å²) in [5.41, 5.74) is 0.834. The van der Waals surface area contributed by atoms with E-state index in [9.17, 15) is 9.59 Å². The van der Waals surface area contributed by atoms with Gasteiger partial charge >= 0.3 is 6.47 Å². The van der Waals surface area contributed by atoms with Crippen LogP contribution in [-0.2, 0) is 4.79 Å². The van der Waals surface area contributed by atoms with Gasteiger partial charge in [-0.25, -0.2) is 4.98 Å². The van der Waals surface area contributed by atoms with Gasteiger partial charge in [-0.3, -0.25) is 9.59 Å². The van der Waals surface area contributed by atoms with Crippen molar-refractivity contribution in [2.24, 2.45) is 0 Å². The van der Waals surface area contributed by atoms with Crippen LogP contribution in [0.1, 0.15) is 0 Å². The lowest BCUT2D eigenvalue weighted by Gasteiger charge is -2.10. The minimum absolute atomic E-state index is 0.213. The molecule has 0 saturated carbocycles. The summed E-state index contributed by atoms with van der Waals surface area (Å²) in [5, 5.41) is 0.397. The monoisotopic (exact) mass is 266 g/mol. The van der Waals surface area contributed by atoms with Gasteiger partial charge in [0.05, 0.1) is 10.9 Å². The molecule has 5 heteroatoms. The summed E-state index contributed by atoms with van der Waals surface area (Å²) < 4.78 is 0.907. The second kappa shape index (κ2) is 4.97. The molecule has 1 heterocycles. The van der Waals surface area contributed by atoms with E-state index in [1.807, 2.05) is 18.2 Å². The Morgan fingerprint density at radius 3 is 2.45 bits per heavy atom. The first-order valence-electron chi connectivity index (χ1n) is 5.99. The molecule has 3 rings (SSSR count). The molecule has 0 aliphatic rings. The topological polar surface area (TPSA) is 61.2 Å². The van der Waals surface area contributed by atoms with Crippen LogP contribution in [0.4, 0.5) is 0 Å². The summed E-state index contributed by atoms with van der Waals surface area (Å²) in [7, 11) is 0. The minimum Gasteiger partial charge on any atom is -0.335 e. The summed E-state index contributed by atoms with van der Waals surface area (Å²) in [6.45, 7) is 0.213. The molecule has 0 spiro atoms. The lowest BCUT2D eigenvalue weighted by atomic mass is 10.2. The molecule has 0 unspecified atom stereocenters. The number of aromatic nitrogens is 2. The molecule has 0 saturated heterocycles. The van der Waals surface area contributed by atoms with E-state index in [0.717, 1.165) is 4.73 Å². The first-order valence-corrected chi connectivity index (χ1v) is 5.99. The number of hydrogen-bond acceptors (Lipinski definition) is 4. The van der Waals surface area contributed by atoms with Gasteiger partial charge in [-0.05, 0) is 12.1 Å². The summed E-state index contributed by atoms with van der Waals surface area (Å²) in [5.74, 6) is 0.293. The van der Waals surface area contributed by atoms with E-state index in [0.29, 0.717) is 22.3 Å². The summed E-state index contributed by atoms with van der Waals surface area (Å²) >= 11 is 0. The fourth-order valence-corrected chi connectivity index (χ4v) is 2.03. The zero-order valence-electron chi connectivity index (χ0n) is 10.4. The number of rotatable bonds is 3. The molecule has 2 aromatic carbocycles. The molecular formula is C15H10N2O3. The SMILES string of the molecule is O=COn1c(-c2ccccc2)nc2ccccc2c1=O. The van der Waals surface area contributed by atoms with Crippen LogP contribution in [0.25, 0.3) is 22.3 Å². The normalized spacial score (nSPS) is 10.4. The number of benzene rings is 2. The van der Waals surface area contributed by atoms with Crippen molar-refractivity contribution in [3.63, 3.8) is 0 Å². The predicted octanol–water partition coefficient (Wildman–Crippen LogP) is 1.65. The van der Waals surface area contributed by atoms with Crippen LogP contribution < -0.4 is 10.4 Å². The van der Waals surface area contributed by atoms with Crippen LogP contribution in [0.5, 0.6) is 0 Å². The molecule has 98 valence electrons. The van der Waals surface area contributed by atoms with Gasteiger partial charge in [0, 0.05) is 5.56 Å². The minimum atomic E-state index is -0.415. The van der Waals surface area contributed by atoms with Crippen LogP contribution in [0.3, 0.4) is 0 Å². The highest BCUT2D eigenvalue weighted by Gasteiger charge is 2.13. The zero-order chi connectivity index (χ0) is 13.9. The van der Waals surface area contributed by atoms with Gasteiger partial charge < -0.3 is 4.84 Å². The highest BCUT2D eigenvalue weighted by Crippen LogP contribution is 2.17. The molecule has 0 aliphatic heterocycles. The molecule has 0 atom stereocenters. The van der Waals surface area contributed by atoms with Crippen molar-refractivity contribution in [3.05, 3.63) is 65.0 Å². The highest BCUT2D eigenvalue weighted by atomic mass is 16.7. The third-order valence-corrected chi connectivity index (χ3v) is 2.92. The van der Waals surface area contributed by atoms with Gasteiger partial charge in [0.1, 0.15) is 0 Å². The Kier molecular flexibility index (Phi) is 3.01. The highest BCUT2D eigenvalue weighted by molar-refractivity contribution is 5.79. The second-order valence-corrected chi connectivity index (χ2v) is 4.12. The first-order chi connectivity index (χ1) is 9.81. The van der Waals surface area contributed by atoms with E-state index in [1.165, 1.54) is 0 Å². The molecule has 0 radical (unpaired) electrons. The summed E-state index contributed by atoms with van der Waals surface area (Å²) in [6.07, 6.45) is 0. The first kappa shape index (κ1) is 12.1. The van der Waals surface area contributed by atoms with E-state index in [4.69, 9.17) is 4.84 Å². The lowest BCUT2D eigenvalue weighted by molar-refractivity contribution is -0.129. The van der Waals surface area contributed by atoms with Gasteiger partial charge in [0.2, 0.25) is 0 Å². The fraction of sp³-hybridized carbons (Fsp3) is 0. The van der Waals surface area contributed by atoms with Gasteiger partial charge in [-0.15, -0.1) is 4.73 Å². The summed E-state index contributed by atoms with van der Waals surface area (Å²) in [6, 6.07) is 16.0. The van der Waals surface area contributed by atoms with E-state index in [1.54, 1.807) is 36.4 Å². The zero-order valence-corrected chi connectivity index (χ0v) is 10.4. The number of fused-ring (bicyclic) bond motifs is 1. The van der Waals surface area contributed by atoms with Crippen molar-refractivity contribution >= 4 is 17.4 Å². The van der Waals surface area contributed by atoms with Gasteiger partial charge in [0.15, 0.2) is 5.82 Å². The third-order valence-electron chi connectivity index (χ3n) is 2.92. The fourth-order valence-electron chi connectivity index (χ4n) is 2.03. The Morgan fingerprint density at radius 2 is 1.70 bits per heavy atom. The van der Waals surface area contributed by atoms with E-state index in [2.05, 4.69) is 4.98 Å². The third kappa shape index (κ3) is 1.95. The molecule has 0 amide bonds. The number of nitrogens with zero attached hydrogens (tertiary/aromatic N) is 2. The van der Waals surface area contributed by atoms with Gasteiger partial charge in [-0.2, -0.15) is 0 Å². The Labute approximate surface area is 114 Å². The van der Waals surface area contributed by atoms with E-state index >= 15 is 0 Å². The van der Waals surface area contributed by atoms with Gasteiger partial charge in [-0.1, -0.05) is 42.5 Å². The van der Waals surface area contributed by atoms with Crippen LogP contribution in [-0.4, -0.2) is 16.2 Å². The van der Waals surface area contributed by atoms with E-state index < -0.39 is 5.56 Å². The Balaban J connectivity index is 2.38. The largest absolute Gasteiger partial charge is 0.335 e. The average molecular weight is 266 g/mol. The van der Waals surface area contributed by atoms with Crippen LogP contribution in [0, 0.1) is 0 Å². The number of carbonyl (C=O) groups is 1. The molecule has 0 aliphatic carbocycles. The standard InChI is InChI=1S/C15H10N2O3/c18-10-20-17-14(11-6-2-1-3-7-11)16-13-9-5-4-8-12(13)15(17)19/h1-10H. The maximum Gasteiger partial charge on any atom is 0.321 e. The maximum atomic E-state index is 12.4. The maximum absolute atomic E-state index is 12.4. The molecule has 5 nitrogen and oxygen atoms in total. The van der Waals surface area contributed by atoms with Crippen LogP contribution in [0.2, 0.25) is 0 Å². The molecular weight excluding hydrogens is 256 g/mol. The molecule has 0 N–H and O–H groups in total. The number of hydrogen-bond donors (Lipinski definition) is 0. The van der Waals surface area contributed by atoms with Crippen LogP contribution in [0.15, 0.2) is 59.4 Å². The molecule has 20 heavy (non-hydrogen) atoms. The molecule has 1 aromatic heterocycles. The van der Waals surface area contributed by atoms with Crippen molar-refractivity contribution in [1.82, 2.24) is 9.71 Å². The van der Waals surface area contributed by atoms with Crippen molar-refractivity contribution in [2.75, 3.05) is 0 Å². The quantitative estimate of drug-likeness (QED) is 0.676. The molecule has 0 bridgehead atoms. The summed E-state index contributed by atoms with van der Waals surface area (Å²) in [4.78, 5) is 32.2. The lowest BCUT2D eigenvalue weighted by Crippen LogP contribution is -2.29. The number of para-hydroxylation sites is 1. The number of carbonyl (C=O) groups excluding carboxylic acids is 1. The Hall–Kier alpha value is -2.95. The smallest absolute Gasteiger partial charge is 0.321 e. The Morgan fingerprint density at radius 1 is 1.00 bits per heavy atom. The van der Waals surface area contributed by atoms with Crippen molar-refractivity contribution in [1.29, 1.82) is 0 Å². The Bertz CT molecular complexity index is 825. The molecule has 0 fully saturated rings. The molecule has 3 aromatic rings. The predicted molar refractivity (Wildman–Crippen MR) is 74.1 cm³/mol. The van der Waals surface area contributed by atoms with Crippen LogP contribution >= 0.6 is 0 Å². The van der Waals surface area contributed by atoms with Crippen molar-refractivity contribution in [2.45, 2.75) is 0 Å². The second-order valence-electron chi connectivity index (χ2n) is 4.12. The van der Waals surface area contributed by atoms with Crippen molar-refractivity contribution in [3.8, 4) is 11.4 Å². The van der Waals surface area contributed by atoms with E-state index in [-0.39, 0.29) is 6.47 Å². The van der Waals surface area contributed by atoms with Gasteiger partial charge in [0.25, 0.3) is 5.56 Å². The average Bonchev–Trinajstić information content (AvgIpc) is 2.51. The van der Waals surface area contributed by atoms with Crippen molar-refractivity contribution < 1.29 is 9.63 Å².